The largest absolute Gasteiger partial charge is 0.496 e. The molecule has 0 bridgehead atoms. The molecule has 0 amide bonds. The molecular weight excluding hydrogens is 233 g/mol. The number of aryl methyl sites for hydroxylation is 1. The van der Waals surface area contributed by atoms with Crippen molar-refractivity contribution < 1.29 is 9.13 Å². The van der Waals surface area contributed by atoms with Crippen LogP contribution in [0.3, 0.4) is 0 Å². The second-order valence-corrected chi connectivity index (χ2v) is 4.07. The monoisotopic (exact) mass is 249 g/mol. The maximum absolute atomic E-state index is 13.3. The smallest absolute Gasteiger partial charge is 0.124 e. The Morgan fingerprint density at radius 3 is 2.83 bits per heavy atom. The normalized spacial score (nSPS) is 10.7. The van der Waals surface area contributed by atoms with Gasteiger partial charge >= 0.3 is 0 Å². The van der Waals surface area contributed by atoms with Gasteiger partial charge in [-0.05, 0) is 25.1 Å². The van der Waals surface area contributed by atoms with Crippen LogP contribution in [-0.2, 0) is 13.1 Å². The molecule has 0 aliphatic carbocycles. The Labute approximate surface area is 105 Å². The van der Waals surface area contributed by atoms with Gasteiger partial charge in [0.2, 0.25) is 0 Å². The molecule has 1 aromatic carbocycles. The Morgan fingerprint density at radius 2 is 2.22 bits per heavy atom. The third kappa shape index (κ3) is 2.51. The molecule has 1 aromatic heterocycles. The number of imidazole rings is 1. The van der Waals surface area contributed by atoms with Crippen LogP contribution in [0, 0.1) is 12.7 Å². The average Bonchev–Trinajstić information content (AvgIpc) is 2.71. The van der Waals surface area contributed by atoms with E-state index in [4.69, 9.17) is 10.5 Å². The van der Waals surface area contributed by atoms with Gasteiger partial charge in [-0.3, -0.25) is 0 Å². The topological polar surface area (TPSA) is 53.1 Å². The van der Waals surface area contributed by atoms with Gasteiger partial charge < -0.3 is 15.0 Å². The van der Waals surface area contributed by atoms with Crippen molar-refractivity contribution in [1.82, 2.24) is 9.55 Å². The molecule has 0 spiro atoms. The molecule has 4 nitrogen and oxygen atoms in total. The number of methoxy groups -OCH3 is 1. The zero-order chi connectivity index (χ0) is 13.1. The summed E-state index contributed by atoms with van der Waals surface area (Å²) in [5, 5.41) is 0. The first-order valence-corrected chi connectivity index (χ1v) is 5.69. The number of rotatable bonds is 4. The fourth-order valence-electron chi connectivity index (χ4n) is 1.89. The summed E-state index contributed by atoms with van der Waals surface area (Å²) in [6.07, 6.45) is 1.87. The van der Waals surface area contributed by atoms with Crippen LogP contribution in [0.2, 0.25) is 0 Å². The van der Waals surface area contributed by atoms with Crippen LogP contribution in [0.5, 0.6) is 5.75 Å². The van der Waals surface area contributed by atoms with E-state index in [2.05, 4.69) is 4.98 Å². The summed E-state index contributed by atoms with van der Waals surface area (Å²) in [6.45, 7) is 2.80. The first-order valence-electron chi connectivity index (χ1n) is 5.69. The van der Waals surface area contributed by atoms with Crippen LogP contribution in [0.25, 0.3) is 0 Å². The number of nitrogens with two attached hydrogens (primary N) is 1. The maximum atomic E-state index is 13.3. The predicted octanol–water partition coefficient (Wildman–Crippen LogP) is 1.85. The third-order valence-electron chi connectivity index (χ3n) is 2.82. The van der Waals surface area contributed by atoms with Crippen LogP contribution < -0.4 is 10.5 Å². The van der Waals surface area contributed by atoms with Crippen LogP contribution in [0.4, 0.5) is 4.39 Å². The quantitative estimate of drug-likeness (QED) is 0.899. The minimum atomic E-state index is -0.275. The first-order chi connectivity index (χ1) is 8.63. The molecule has 0 atom stereocenters. The Hall–Kier alpha value is -1.88. The molecule has 0 saturated heterocycles. The first kappa shape index (κ1) is 12.6. The Morgan fingerprint density at radius 1 is 1.44 bits per heavy atom. The van der Waals surface area contributed by atoms with Crippen molar-refractivity contribution in [3.05, 3.63) is 47.3 Å². The molecule has 0 radical (unpaired) electrons. The summed E-state index contributed by atoms with van der Waals surface area (Å²) in [5.74, 6) is 1.24. The van der Waals surface area contributed by atoms with Crippen LogP contribution in [0.15, 0.2) is 24.4 Å². The van der Waals surface area contributed by atoms with E-state index in [0.29, 0.717) is 18.8 Å². The number of benzene rings is 1. The lowest BCUT2D eigenvalue weighted by Gasteiger charge is -2.10. The van der Waals surface area contributed by atoms with Crippen molar-refractivity contribution in [1.29, 1.82) is 0 Å². The fraction of sp³-hybridized carbons (Fsp3) is 0.308. The number of nitrogens with zero attached hydrogens (tertiary/aromatic N) is 2. The molecule has 0 unspecified atom stereocenters. The van der Waals surface area contributed by atoms with E-state index in [1.54, 1.807) is 13.2 Å². The minimum absolute atomic E-state index is 0.275. The predicted molar refractivity (Wildman–Crippen MR) is 66.9 cm³/mol. The summed E-state index contributed by atoms with van der Waals surface area (Å²) in [7, 11) is 1.57. The number of ether oxygens (including phenoxy) is 1. The Kier molecular flexibility index (Phi) is 3.62. The molecule has 2 N–H and O–H groups in total. The van der Waals surface area contributed by atoms with Gasteiger partial charge in [0.25, 0.3) is 0 Å². The number of hydrogen-bond acceptors (Lipinski definition) is 3. The van der Waals surface area contributed by atoms with Crippen LogP contribution in [-0.4, -0.2) is 16.7 Å². The molecule has 18 heavy (non-hydrogen) atoms. The van der Waals surface area contributed by atoms with Gasteiger partial charge in [-0.2, -0.15) is 0 Å². The Bertz CT molecular complexity index is 551. The van der Waals surface area contributed by atoms with Gasteiger partial charge in [0.15, 0.2) is 0 Å². The molecule has 0 aliphatic rings. The van der Waals surface area contributed by atoms with E-state index in [9.17, 15) is 4.39 Å². The fourth-order valence-corrected chi connectivity index (χ4v) is 1.89. The highest BCUT2D eigenvalue weighted by Crippen LogP contribution is 2.21. The van der Waals surface area contributed by atoms with Crippen molar-refractivity contribution >= 4 is 0 Å². The third-order valence-corrected chi connectivity index (χ3v) is 2.82. The van der Waals surface area contributed by atoms with E-state index < -0.39 is 0 Å². The van der Waals surface area contributed by atoms with Gasteiger partial charge in [0.1, 0.15) is 17.4 Å². The minimum Gasteiger partial charge on any atom is -0.496 e. The molecule has 0 aliphatic heterocycles. The molecule has 1 heterocycles. The second-order valence-electron chi connectivity index (χ2n) is 4.07. The lowest BCUT2D eigenvalue weighted by atomic mass is 10.2. The SMILES string of the molecule is COc1ccc(F)cc1Cn1cc(CN)nc1C. The molecule has 5 heteroatoms. The van der Waals surface area contributed by atoms with Crippen molar-refractivity contribution in [3.8, 4) is 5.75 Å². The summed E-state index contributed by atoms with van der Waals surface area (Å²) >= 11 is 0. The number of halogens is 1. The molecule has 0 fully saturated rings. The van der Waals surface area contributed by atoms with Crippen molar-refractivity contribution in [3.63, 3.8) is 0 Å². The van der Waals surface area contributed by atoms with E-state index in [0.717, 1.165) is 17.1 Å². The standard InChI is InChI=1S/C13H16FN3O/c1-9-16-12(6-15)8-17(9)7-10-5-11(14)3-4-13(10)18-2/h3-5,8H,6-7,15H2,1-2H3. The van der Waals surface area contributed by atoms with E-state index >= 15 is 0 Å². The number of aromatic nitrogens is 2. The highest BCUT2D eigenvalue weighted by Gasteiger charge is 2.08. The second kappa shape index (κ2) is 5.18. The highest BCUT2D eigenvalue weighted by atomic mass is 19.1. The van der Waals surface area contributed by atoms with Gasteiger partial charge in [0.05, 0.1) is 19.3 Å². The van der Waals surface area contributed by atoms with Crippen LogP contribution in [0.1, 0.15) is 17.1 Å². The van der Waals surface area contributed by atoms with Gasteiger partial charge in [-0.15, -0.1) is 0 Å². The van der Waals surface area contributed by atoms with Crippen molar-refractivity contribution in [2.24, 2.45) is 5.73 Å². The van der Waals surface area contributed by atoms with Crippen molar-refractivity contribution in [2.75, 3.05) is 7.11 Å². The van der Waals surface area contributed by atoms with E-state index in [1.807, 2.05) is 17.7 Å². The van der Waals surface area contributed by atoms with E-state index in [-0.39, 0.29) is 5.82 Å². The van der Waals surface area contributed by atoms with Gasteiger partial charge in [-0.1, -0.05) is 0 Å². The maximum Gasteiger partial charge on any atom is 0.124 e. The summed E-state index contributed by atoms with van der Waals surface area (Å²) in [5.41, 5.74) is 7.15. The molecule has 2 rings (SSSR count). The lowest BCUT2D eigenvalue weighted by Crippen LogP contribution is -2.03. The van der Waals surface area contributed by atoms with E-state index in [1.165, 1.54) is 12.1 Å². The highest BCUT2D eigenvalue weighted by molar-refractivity contribution is 5.34. The average molecular weight is 249 g/mol. The Balaban J connectivity index is 2.32. The molecule has 2 aromatic rings. The molecule has 0 saturated carbocycles. The molecular formula is C13H16FN3O. The lowest BCUT2D eigenvalue weighted by molar-refractivity contribution is 0.406. The van der Waals surface area contributed by atoms with Crippen LogP contribution >= 0.6 is 0 Å². The summed E-state index contributed by atoms with van der Waals surface area (Å²) in [6, 6.07) is 4.48. The van der Waals surface area contributed by atoms with Crippen molar-refractivity contribution in [2.45, 2.75) is 20.0 Å². The summed E-state index contributed by atoms with van der Waals surface area (Å²) in [4.78, 5) is 4.31. The molecule has 96 valence electrons. The summed E-state index contributed by atoms with van der Waals surface area (Å²) < 4.78 is 20.4. The van der Waals surface area contributed by atoms with Gasteiger partial charge in [-0.25, -0.2) is 9.37 Å². The van der Waals surface area contributed by atoms with Gasteiger partial charge in [0, 0.05) is 18.3 Å². The number of hydrogen-bond donors (Lipinski definition) is 1. The zero-order valence-electron chi connectivity index (χ0n) is 10.5. The zero-order valence-corrected chi connectivity index (χ0v) is 10.5.